The van der Waals surface area contributed by atoms with E-state index in [0.717, 1.165) is 13.0 Å². The molecule has 5 heteroatoms. The molecule has 0 aromatic rings. The molecular formula is C9H20N2O2S. The smallest absolute Gasteiger partial charge is 0.148 e. The average Bonchev–Trinajstić information content (AvgIpc) is 2.42. The van der Waals surface area contributed by atoms with E-state index in [1.165, 1.54) is 6.26 Å². The van der Waals surface area contributed by atoms with Gasteiger partial charge in [-0.05, 0) is 25.8 Å². The molecule has 84 valence electrons. The molecule has 0 aliphatic carbocycles. The molecule has 2 unspecified atom stereocenters. The van der Waals surface area contributed by atoms with E-state index < -0.39 is 9.84 Å². The molecule has 2 N–H and O–H groups in total. The lowest BCUT2D eigenvalue weighted by molar-refractivity contribution is 0.280. The molecule has 1 heterocycles. The lowest BCUT2D eigenvalue weighted by atomic mass is 10.1. The maximum Gasteiger partial charge on any atom is 0.148 e. The first kappa shape index (κ1) is 11.9. The molecule has 1 aliphatic rings. The Hall–Kier alpha value is -0.130. The molecule has 1 aliphatic heterocycles. The lowest BCUT2D eigenvalue weighted by Crippen LogP contribution is -2.32. The summed E-state index contributed by atoms with van der Waals surface area (Å²) in [6, 6.07) is 0.477. The van der Waals surface area contributed by atoms with Gasteiger partial charge in [0, 0.05) is 25.4 Å². The Bertz CT molecular complexity index is 277. The van der Waals surface area contributed by atoms with Gasteiger partial charge in [0.2, 0.25) is 0 Å². The van der Waals surface area contributed by atoms with Gasteiger partial charge in [-0.3, -0.25) is 4.90 Å². The number of nitrogens with two attached hydrogens (primary N) is 1. The minimum absolute atomic E-state index is 0.259. The third-order valence-electron chi connectivity index (χ3n) is 2.87. The fourth-order valence-corrected chi connectivity index (χ4v) is 2.55. The van der Waals surface area contributed by atoms with Gasteiger partial charge in [-0.25, -0.2) is 8.42 Å². The number of hydrogen-bond donors (Lipinski definition) is 1. The highest BCUT2D eigenvalue weighted by Gasteiger charge is 2.28. The van der Waals surface area contributed by atoms with Gasteiger partial charge < -0.3 is 5.73 Å². The van der Waals surface area contributed by atoms with Gasteiger partial charge in [0.1, 0.15) is 9.84 Å². The van der Waals surface area contributed by atoms with Crippen molar-refractivity contribution in [1.29, 1.82) is 0 Å². The van der Waals surface area contributed by atoms with Crippen LogP contribution < -0.4 is 5.73 Å². The van der Waals surface area contributed by atoms with Crippen LogP contribution in [0.5, 0.6) is 0 Å². The van der Waals surface area contributed by atoms with Crippen LogP contribution in [0.4, 0.5) is 0 Å². The summed E-state index contributed by atoms with van der Waals surface area (Å²) in [4.78, 5) is 2.22. The summed E-state index contributed by atoms with van der Waals surface area (Å²) in [5.74, 6) is 0.804. The van der Waals surface area contributed by atoms with E-state index in [-0.39, 0.29) is 5.75 Å². The standard InChI is InChI=1S/C9H20N2O2S/c1-8-5-9(6-10)7-11(8)3-4-14(2,12)13/h8-9H,3-7,10H2,1-2H3. The van der Waals surface area contributed by atoms with E-state index in [9.17, 15) is 8.42 Å². The zero-order valence-electron chi connectivity index (χ0n) is 8.94. The van der Waals surface area contributed by atoms with Crippen molar-refractivity contribution in [3.05, 3.63) is 0 Å². The topological polar surface area (TPSA) is 63.4 Å². The largest absolute Gasteiger partial charge is 0.330 e. The molecule has 1 fully saturated rings. The highest BCUT2D eigenvalue weighted by Crippen LogP contribution is 2.21. The minimum Gasteiger partial charge on any atom is -0.330 e. The van der Waals surface area contributed by atoms with Crippen LogP contribution in [0.3, 0.4) is 0 Å². The molecule has 0 aromatic carbocycles. The zero-order valence-corrected chi connectivity index (χ0v) is 9.76. The van der Waals surface area contributed by atoms with Gasteiger partial charge in [-0.15, -0.1) is 0 Å². The molecule has 2 atom stereocenters. The second-order valence-electron chi connectivity index (χ2n) is 4.31. The Morgan fingerprint density at radius 3 is 2.57 bits per heavy atom. The zero-order chi connectivity index (χ0) is 10.8. The first-order valence-corrected chi connectivity index (χ1v) is 7.10. The van der Waals surface area contributed by atoms with Crippen LogP contribution in [-0.2, 0) is 9.84 Å². The molecule has 0 amide bonds. The summed E-state index contributed by atoms with van der Waals surface area (Å²) in [6.45, 7) is 4.45. The van der Waals surface area contributed by atoms with Gasteiger partial charge in [0.05, 0.1) is 5.75 Å². The van der Waals surface area contributed by atoms with Crippen LogP contribution in [0, 0.1) is 5.92 Å². The number of likely N-dealkylation sites (tertiary alicyclic amines) is 1. The van der Waals surface area contributed by atoms with Crippen molar-refractivity contribution in [2.75, 3.05) is 31.6 Å². The van der Waals surface area contributed by atoms with Crippen molar-refractivity contribution in [3.63, 3.8) is 0 Å². The van der Waals surface area contributed by atoms with Gasteiger partial charge in [0.25, 0.3) is 0 Å². The van der Waals surface area contributed by atoms with E-state index in [2.05, 4.69) is 11.8 Å². The first-order chi connectivity index (χ1) is 6.42. The summed E-state index contributed by atoms with van der Waals surface area (Å²) >= 11 is 0. The second-order valence-corrected chi connectivity index (χ2v) is 6.57. The van der Waals surface area contributed by atoms with Crippen molar-refractivity contribution in [2.45, 2.75) is 19.4 Å². The molecule has 0 aromatic heterocycles. The molecule has 0 saturated carbocycles. The molecule has 0 radical (unpaired) electrons. The van der Waals surface area contributed by atoms with Crippen molar-refractivity contribution in [2.24, 2.45) is 11.7 Å². The summed E-state index contributed by atoms with van der Waals surface area (Å²) in [7, 11) is -2.83. The molecule has 1 rings (SSSR count). The monoisotopic (exact) mass is 220 g/mol. The average molecular weight is 220 g/mol. The Balaban J connectivity index is 2.39. The fraction of sp³-hybridized carbons (Fsp3) is 1.00. The molecule has 14 heavy (non-hydrogen) atoms. The van der Waals surface area contributed by atoms with Crippen molar-refractivity contribution in [1.82, 2.24) is 4.90 Å². The van der Waals surface area contributed by atoms with Crippen LogP contribution >= 0.6 is 0 Å². The molecule has 4 nitrogen and oxygen atoms in total. The molecule has 0 bridgehead atoms. The van der Waals surface area contributed by atoms with Crippen molar-refractivity contribution < 1.29 is 8.42 Å². The van der Waals surface area contributed by atoms with E-state index in [1.54, 1.807) is 0 Å². The SMILES string of the molecule is CC1CC(CN)CN1CCS(C)(=O)=O. The van der Waals surface area contributed by atoms with E-state index in [1.807, 2.05) is 0 Å². The summed E-state index contributed by atoms with van der Waals surface area (Å²) in [5.41, 5.74) is 5.60. The van der Waals surface area contributed by atoms with Gasteiger partial charge in [-0.2, -0.15) is 0 Å². The Labute approximate surface area is 86.4 Å². The van der Waals surface area contributed by atoms with Gasteiger partial charge in [0.15, 0.2) is 0 Å². The number of nitrogens with zero attached hydrogens (tertiary/aromatic N) is 1. The predicted octanol–water partition coefficient (Wildman–Crippen LogP) is -0.300. The van der Waals surface area contributed by atoms with E-state index in [4.69, 9.17) is 5.73 Å². The quantitative estimate of drug-likeness (QED) is 0.706. The third kappa shape index (κ3) is 3.55. The fourth-order valence-electron chi connectivity index (χ4n) is 1.98. The van der Waals surface area contributed by atoms with Crippen LogP contribution in [0.1, 0.15) is 13.3 Å². The normalized spacial score (nSPS) is 29.6. The number of rotatable bonds is 4. The Morgan fingerprint density at radius 1 is 1.50 bits per heavy atom. The van der Waals surface area contributed by atoms with Crippen LogP contribution in [0.15, 0.2) is 0 Å². The summed E-state index contributed by atoms with van der Waals surface area (Å²) in [6.07, 6.45) is 2.38. The second kappa shape index (κ2) is 4.59. The maximum absolute atomic E-state index is 11.0. The van der Waals surface area contributed by atoms with Gasteiger partial charge >= 0.3 is 0 Å². The Morgan fingerprint density at radius 2 is 2.14 bits per heavy atom. The van der Waals surface area contributed by atoms with Crippen LogP contribution in [0.2, 0.25) is 0 Å². The predicted molar refractivity (Wildman–Crippen MR) is 57.9 cm³/mol. The Kier molecular flexibility index (Phi) is 3.92. The van der Waals surface area contributed by atoms with Crippen molar-refractivity contribution >= 4 is 9.84 Å². The molecule has 0 spiro atoms. The lowest BCUT2D eigenvalue weighted by Gasteiger charge is -2.20. The third-order valence-corrected chi connectivity index (χ3v) is 3.80. The summed E-state index contributed by atoms with van der Waals surface area (Å²) in [5, 5.41) is 0. The van der Waals surface area contributed by atoms with Crippen LogP contribution in [0.25, 0.3) is 0 Å². The number of sulfone groups is 1. The van der Waals surface area contributed by atoms with E-state index in [0.29, 0.717) is 25.0 Å². The molecular weight excluding hydrogens is 200 g/mol. The first-order valence-electron chi connectivity index (χ1n) is 5.04. The highest BCUT2D eigenvalue weighted by molar-refractivity contribution is 7.90. The maximum atomic E-state index is 11.0. The van der Waals surface area contributed by atoms with Crippen molar-refractivity contribution in [3.8, 4) is 0 Å². The summed E-state index contributed by atoms with van der Waals surface area (Å²) < 4.78 is 22.0. The number of hydrogen-bond acceptors (Lipinski definition) is 4. The molecule has 1 saturated heterocycles. The van der Waals surface area contributed by atoms with Gasteiger partial charge in [-0.1, -0.05) is 0 Å². The van der Waals surface area contributed by atoms with Crippen LogP contribution in [-0.4, -0.2) is 51.0 Å². The highest BCUT2D eigenvalue weighted by atomic mass is 32.2. The van der Waals surface area contributed by atoms with E-state index >= 15 is 0 Å². The minimum atomic E-state index is -2.83.